The molecule has 0 heterocycles. The summed E-state index contributed by atoms with van der Waals surface area (Å²) in [6, 6.07) is 0.848. The Morgan fingerprint density at radius 2 is 2.09 bits per heavy atom. The summed E-state index contributed by atoms with van der Waals surface area (Å²) < 4.78 is 9.98. The fourth-order valence-corrected chi connectivity index (χ4v) is 1.98. The number of carbonyl (C=O) groups is 1. The Morgan fingerprint density at radius 3 is 2.36 bits per heavy atom. The van der Waals surface area contributed by atoms with Crippen LogP contribution in [0.3, 0.4) is 0 Å². The second-order valence-electron chi connectivity index (χ2n) is 2.77. The van der Waals surface area contributed by atoms with E-state index in [0.717, 1.165) is 6.04 Å². The molecule has 0 aromatic rings. The first-order valence-electron chi connectivity index (χ1n) is 3.64. The van der Waals surface area contributed by atoms with E-state index in [-0.39, 0.29) is 5.97 Å². The van der Waals surface area contributed by atoms with Crippen LogP contribution in [0.1, 0.15) is 20.8 Å². The Kier molecular flexibility index (Phi) is 5.15. The van der Waals surface area contributed by atoms with E-state index in [0.29, 0.717) is 5.92 Å². The molecule has 0 aliphatic heterocycles. The molecule has 65 valence electrons. The summed E-state index contributed by atoms with van der Waals surface area (Å²) in [5.41, 5.74) is 0. The second-order valence-corrected chi connectivity index (χ2v) is 4.53. The summed E-state index contributed by atoms with van der Waals surface area (Å²) in [6.45, 7) is 5.56. The van der Waals surface area contributed by atoms with Crippen LogP contribution >= 0.6 is 0 Å². The number of carbonyl (C=O) groups excluding carboxylic acids is 1. The SMILES string of the molecule is CO[Si](CC(C)C)OC(C)=O. The van der Waals surface area contributed by atoms with Crippen molar-refractivity contribution in [2.24, 2.45) is 5.92 Å². The van der Waals surface area contributed by atoms with Crippen LogP contribution in [0.5, 0.6) is 0 Å². The molecule has 0 N–H and O–H groups in total. The van der Waals surface area contributed by atoms with E-state index < -0.39 is 9.28 Å². The van der Waals surface area contributed by atoms with Crippen molar-refractivity contribution in [3.63, 3.8) is 0 Å². The molecule has 11 heavy (non-hydrogen) atoms. The van der Waals surface area contributed by atoms with Gasteiger partial charge in [0, 0.05) is 20.1 Å². The normalized spacial score (nSPS) is 10.7. The standard InChI is InChI=1S/C7H15O3Si/c1-6(2)5-11(9-4)10-7(3)8/h6H,5H2,1-4H3. The predicted molar refractivity (Wildman–Crippen MR) is 44.2 cm³/mol. The Hall–Kier alpha value is -0.353. The van der Waals surface area contributed by atoms with Crippen LogP contribution < -0.4 is 0 Å². The van der Waals surface area contributed by atoms with Crippen LogP contribution in [0.25, 0.3) is 0 Å². The van der Waals surface area contributed by atoms with Crippen molar-refractivity contribution < 1.29 is 13.6 Å². The number of hydrogen-bond donors (Lipinski definition) is 0. The Balaban J connectivity index is 3.66. The zero-order valence-corrected chi connectivity index (χ0v) is 8.51. The van der Waals surface area contributed by atoms with Crippen molar-refractivity contribution in [2.45, 2.75) is 26.8 Å². The van der Waals surface area contributed by atoms with Crippen LogP contribution in [0.2, 0.25) is 6.04 Å². The van der Waals surface area contributed by atoms with Gasteiger partial charge in [-0.3, -0.25) is 4.79 Å². The lowest BCUT2D eigenvalue weighted by atomic mass is 10.3. The molecule has 3 nitrogen and oxygen atoms in total. The number of hydrogen-bond acceptors (Lipinski definition) is 3. The van der Waals surface area contributed by atoms with E-state index in [4.69, 9.17) is 8.85 Å². The third kappa shape index (κ3) is 6.06. The molecule has 0 aromatic carbocycles. The summed E-state index contributed by atoms with van der Waals surface area (Å²) in [5.74, 6) is 0.268. The van der Waals surface area contributed by atoms with Crippen LogP contribution in [-0.2, 0) is 13.6 Å². The van der Waals surface area contributed by atoms with Gasteiger partial charge in [0.25, 0.3) is 5.97 Å². The lowest BCUT2D eigenvalue weighted by Crippen LogP contribution is -2.25. The van der Waals surface area contributed by atoms with Crippen LogP contribution in [-0.4, -0.2) is 22.4 Å². The maximum atomic E-state index is 10.5. The van der Waals surface area contributed by atoms with Gasteiger partial charge < -0.3 is 8.85 Å². The molecule has 0 rings (SSSR count). The maximum absolute atomic E-state index is 10.5. The fourth-order valence-electron chi connectivity index (χ4n) is 0.660. The smallest absolute Gasteiger partial charge is 0.459 e. The first-order valence-corrected chi connectivity index (χ1v) is 5.16. The Bertz CT molecular complexity index is 125. The van der Waals surface area contributed by atoms with Gasteiger partial charge in [0.2, 0.25) is 0 Å². The van der Waals surface area contributed by atoms with Crippen molar-refractivity contribution in [1.29, 1.82) is 0 Å². The van der Waals surface area contributed by atoms with E-state index in [1.807, 2.05) is 0 Å². The molecule has 0 spiro atoms. The highest BCUT2D eigenvalue weighted by atomic mass is 28.3. The largest absolute Gasteiger partial charge is 0.492 e. The zero-order chi connectivity index (χ0) is 8.85. The average Bonchev–Trinajstić information content (AvgIpc) is 1.84. The quantitative estimate of drug-likeness (QED) is 0.605. The minimum atomic E-state index is -1.33. The monoisotopic (exact) mass is 175 g/mol. The van der Waals surface area contributed by atoms with Gasteiger partial charge in [0.05, 0.1) is 0 Å². The third-order valence-corrected chi connectivity index (χ3v) is 3.18. The molecule has 0 aliphatic carbocycles. The first kappa shape index (κ1) is 10.6. The van der Waals surface area contributed by atoms with E-state index in [1.54, 1.807) is 7.11 Å². The molecule has 0 saturated heterocycles. The lowest BCUT2D eigenvalue weighted by molar-refractivity contribution is -0.133. The lowest BCUT2D eigenvalue weighted by Gasteiger charge is -2.12. The minimum absolute atomic E-state index is 0.249. The topological polar surface area (TPSA) is 35.5 Å². The van der Waals surface area contributed by atoms with E-state index in [1.165, 1.54) is 6.92 Å². The molecule has 0 aromatic heterocycles. The summed E-state index contributed by atoms with van der Waals surface area (Å²) in [7, 11) is 0.250. The highest BCUT2D eigenvalue weighted by Crippen LogP contribution is 2.06. The molecular formula is C7H15O3Si. The maximum Gasteiger partial charge on any atom is 0.459 e. The molecular weight excluding hydrogens is 160 g/mol. The van der Waals surface area contributed by atoms with Gasteiger partial charge in [-0.15, -0.1) is 0 Å². The molecule has 0 unspecified atom stereocenters. The van der Waals surface area contributed by atoms with E-state index >= 15 is 0 Å². The van der Waals surface area contributed by atoms with Crippen molar-refractivity contribution >= 4 is 15.3 Å². The van der Waals surface area contributed by atoms with Crippen molar-refractivity contribution in [1.82, 2.24) is 0 Å². The van der Waals surface area contributed by atoms with Crippen molar-refractivity contribution in [3.05, 3.63) is 0 Å². The molecule has 0 bridgehead atoms. The molecule has 0 saturated carbocycles. The van der Waals surface area contributed by atoms with Gasteiger partial charge in [-0.1, -0.05) is 13.8 Å². The van der Waals surface area contributed by atoms with Gasteiger partial charge in [0.15, 0.2) is 0 Å². The average molecular weight is 175 g/mol. The van der Waals surface area contributed by atoms with Crippen molar-refractivity contribution in [2.75, 3.05) is 7.11 Å². The summed E-state index contributed by atoms with van der Waals surface area (Å²) in [6.07, 6.45) is 0. The van der Waals surface area contributed by atoms with E-state index in [9.17, 15) is 4.79 Å². The molecule has 0 aliphatic rings. The summed E-state index contributed by atoms with van der Waals surface area (Å²) in [4.78, 5) is 10.5. The molecule has 1 radical (unpaired) electrons. The van der Waals surface area contributed by atoms with Gasteiger partial charge in [-0.2, -0.15) is 0 Å². The van der Waals surface area contributed by atoms with Gasteiger partial charge in [0.1, 0.15) is 0 Å². The van der Waals surface area contributed by atoms with E-state index in [2.05, 4.69) is 13.8 Å². The Morgan fingerprint density at radius 1 is 1.55 bits per heavy atom. The van der Waals surface area contributed by atoms with Crippen LogP contribution in [0.15, 0.2) is 0 Å². The highest BCUT2D eigenvalue weighted by molar-refractivity contribution is 6.46. The van der Waals surface area contributed by atoms with Gasteiger partial charge in [-0.25, -0.2) is 0 Å². The summed E-state index contributed by atoms with van der Waals surface area (Å²) >= 11 is 0. The van der Waals surface area contributed by atoms with Gasteiger partial charge >= 0.3 is 9.28 Å². The van der Waals surface area contributed by atoms with Crippen LogP contribution in [0, 0.1) is 5.92 Å². The molecule has 0 fully saturated rings. The molecule has 0 atom stereocenters. The summed E-state index contributed by atoms with van der Waals surface area (Å²) in [5, 5.41) is 0. The minimum Gasteiger partial charge on any atom is -0.492 e. The van der Waals surface area contributed by atoms with Crippen molar-refractivity contribution in [3.8, 4) is 0 Å². The third-order valence-electron chi connectivity index (χ3n) is 1.06. The van der Waals surface area contributed by atoms with Crippen LogP contribution in [0.4, 0.5) is 0 Å². The first-order chi connectivity index (χ1) is 5.06. The fraction of sp³-hybridized carbons (Fsp3) is 0.857. The Labute approximate surface area is 69.5 Å². The predicted octanol–water partition coefficient (Wildman–Crippen LogP) is 1.34. The number of rotatable bonds is 4. The van der Waals surface area contributed by atoms with Gasteiger partial charge in [-0.05, 0) is 5.92 Å². The molecule has 0 amide bonds. The molecule has 4 heteroatoms. The highest BCUT2D eigenvalue weighted by Gasteiger charge is 2.18. The second kappa shape index (κ2) is 5.32. The zero-order valence-electron chi connectivity index (χ0n) is 7.51.